The van der Waals surface area contributed by atoms with Gasteiger partial charge >= 0.3 is 5.97 Å². The molecule has 1 N–H and O–H groups in total. The lowest BCUT2D eigenvalue weighted by atomic mass is 9.97. The van der Waals surface area contributed by atoms with Gasteiger partial charge in [-0.25, -0.2) is 0 Å². The molecule has 0 aromatic rings. The molecule has 14 heavy (non-hydrogen) atoms. The van der Waals surface area contributed by atoms with E-state index < -0.39 is 0 Å². The minimum absolute atomic E-state index is 0.127. The molecule has 0 unspecified atom stereocenters. The van der Waals surface area contributed by atoms with Crippen LogP contribution in [0.5, 0.6) is 0 Å². The summed E-state index contributed by atoms with van der Waals surface area (Å²) in [5.74, 6) is 0.517. The first-order valence-electron chi connectivity index (χ1n) is 5.36. The monoisotopic (exact) mass is 197 g/mol. The first-order valence-corrected chi connectivity index (χ1v) is 5.36. The first-order chi connectivity index (χ1) is 6.83. The summed E-state index contributed by atoms with van der Waals surface area (Å²) in [5.41, 5.74) is 0. The van der Waals surface area contributed by atoms with Crippen molar-refractivity contribution in [2.45, 2.75) is 26.2 Å². The van der Waals surface area contributed by atoms with Gasteiger partial charge in [0.1, 0.15) is 0 Å². The highest BCUT2D eigenvalue weighted by Gasteiger charge is 2.09. The minimum atomic E-state index is -0.127. The van der Waals surface area contributed by atoms with E-state index >= 15 is 0 Å². The van der Waals surface area contributed by atoms with Gasteiger partial charge in [-0.1, -0.05) is 12.2 Å². The Morgan fingerprint density at radius 1 is 1.50 bits per heavy atom. The van der Waals surface area contributed by atoms with Crippen molar-refractivity contribution in [1.29, 1.82) is 0 Å². The summed E-state index contributed by atoms with van der Waals surface area (Å²) in [5, 5.41) is 3.31. The third-order valence-corrected chi connectivity index (χ3v) is 2.38. The average Bonchev–Trinajstić information content (AvgIpc) is 2.20. The summed E-state index contributed by atoms with van der Waals surface area (Å²) in [6.07, 6.45) is 6.86. The zero-order valence-corrected chi connectivity index (χ0v) is 8.79. The van der Waals surface area contributed by atoms with E-state index in [0.29, 0.717) is 18.9 Å². The van der Waals surface area contributed by atoms with Gasteiger partial charge in [-0.05, 0) is 38.8 Å². The summed E-state index contributed by atoms with van der Waals surface area (Å²) in [6, 6.07) is 0. The van der Waals surface area contributed by atoms with Gasteiger partial charge in [0.2, 0.25) is 0 Å². The number of hydrogen-bond donors (Lipinski definition) is 1. The largest absolute Gasteiger partial charge is 0.466 e. The molecule has 1 aliphatic heterocycles. The van der Waals surface area contributed by atoms with Crippen molar-refractivity contribution in [1.82, 2.24) is 5.32 Å². The summed E-state index contributed by atoms with van der Waals surface area (Å²) in [6.45, 7) is 4.48. The van der Waals surface area contributed by atoms with E-state index in [0.717, 1.165) is 13.1 Å². The van der Waals surface area contributed by atoms with Crippen LogP contribution in [0.1, 0.15) is 26.2 Å². The number of carbonyl (C=O) groups excluding carboxylic acids is 1. The third kappa shape index (κ3) is 4.42. The molecule has 0 atom stereocenters. The van der Waals surface area contributed by atoms with E-state index in [1.165, 1.54) is 12.8 Å². The lowest BCUT2D eigenvalue weighted by Gasteiger charge is -2.19. The van der Waals surface area contributed by atoms with E-state index in [9.17, 15) is 4.79 Å². The Labute approximate surface area is 85.5 Å². The third-order valence-electron chi connectivity index (χ3n) is 2.38. The number of allylic oxidation sites excluding steroid dienone is 1. The fraction of sp³-hybridized carbons (Fsp3) is 0.727. The van der Waals surface area contributed by atoms with Crippen molar-refractivity contribution in [3.63, 3.8) is 0 Å². The molecule has 3 heteroatoms. The maximum Gasteiger partial charge on any atom is 0.309 e. The Balaban J connectivity index is 2.15. The van der Waals surface area contributed by atoms with Crippen molar-refractivity contribution in [3.05, 3.63) is 12.2 Å². The van der Waals surface area contributed by atoms with Crippen molar-refractivity contribution in [2.24, 2.45) is 5.92 Å². The maximum atomic E-state index is 11.0. The molecule has 0 aromatic carbocycles. The van der Waals surface area contributed by atoms with Crippen LogP contribution in [-0.4, -0.2) is 25.7 Å². The van der Waals surface area contributed by atoms with E-state index in [2.05, 4.69) is 11.4 Å². The molecule has 1 fully saturated rings. The highest BCUT2D eigenvalue weighted by Crippen LogP contribution is 2.13. The molecule has 0 aliphatic carbocycles. The number of rotatable bonds is 4. The van der Waals surface area contributed by atoms with Crippen molar-refractivity contribution < 1.29 is 9.53 Å². The summed E-state index contributed by atoms with van der Waals surface area (Å²) < 4.78 is 4.83. The van der Waals surface area contributed by atoms with Gasteiger partial charge in [0.15, 0.2) is 0 Å². The smallest absolute Gasteiger partial charge is 0.309 e. The molecule has 80 valence electrons. The van der Waals surface area contributed by atoms with Gasteiger partial charge in [0.25, 0.3) is 0 Å². The molecule has 0 spiro atoms. The lowest BCUT2D eigenvalue weighted by Crippen LogP contribution is -2.26. The van der Waals surface area contributed by atoms with Crippen molar-refractivity contribution in [2.75, 3.05) is 19.7 Å². The second-order valence-corrected chi connectivity index (χ2v) is 3.52. The fourth-order valence-corrected chi connectivity index (χ4v) is 1.61. The minimum Gasteiger partial charge on any atom is -0.466 e. The number of ether oxygens (including phenoxy) is 1. The van der Waals surface area contributed by atoms with Crippen LogP contribution in [0.15, 0.2) is 12.2 Å². The van der Waals surface area contributed by atoms with Crippen LogP contribution in [-0.2, 0) is 9.53 Å². The second-order valence-electron chi connectivity index (χ2n) is 3.52. The Bertz CT molecular complexity index is 195. The molecule has 0 amide bonds. The standard InChI is InChI=1S/C11H19NO2/c1-2-14-11(13)5-3-4-10-6-8-12-9-7-10/h3-4,10,12H,2,5-9H2,1H3/b4-3+. The predicted octanol–water partition coefficient (Wildman–Crippen LogP) is 1.50. The van der Waals surface area contributed by atoms with Crippen LogP contribution in [0.25, 0.3) is 0 Å². The molecular formula is C11H19NO2. The zero-order valence-electron chi connectivity index (χ0n) is 8.79. The van der Waals surface area contributed by atoms with Gasteiger partial charge in [-0.3, -0.25) is 4.79 Å². The van der Waals surface area contributed by atoms with Gasteiger partial charge in [-0.15, -0.1) is 0 Å². The molecule has 1 heterocycles. The molecular weight excluding hydrogens is 178 g/mol. The maximum absolute atomic E-state index is 11.0. The van der Waals surface area contributed by atoms with E-state index in [1.807, 2.05) is 13.0 Å². The predicted molar refractivity (Wildman–Crippen MR) is 56.0 cm³/mol. The number of nitrogens with one attached hydrogen (secondary N) is 1. The first kappa shape index (κ1) is 11.2. The normalized spacial score (nSPS) is 18.6. The lowest BCUT2D eigenvalue weighted by molar-refractivity contribution is -0.142. The average molecular weight is 197 g/mol. The van der Waals surface area contributed by atoms with Crippen LogP contribution in [0, 0.1) is 5.92 Å². The quantitative estimate of drug-likeness (QED) is 0.548. The van der Waals surface area contributed by atoms with Gasteiger partial charge in [0.05, 0.1) is 13.0 Å². The molecule has 0 bridgehead atoms. The summed E-state index contributed by atoms with van der Waals surface area (Å²) >= 11 is 0. The topological polar surface area (TPSA) is 38.3 Å². The van der Waals surface area contributed by atoms with E-state index in [-0.39, 0.29) is 5.97 Å². The number of carbonyl (C=O) groups is 1. The Morgan fingerprint density at radius 3 is 2.86 bits per heavy atom. The Hall–Kier alpha value is -0.830. The highest BCUT2D eigenvalue weighted by atomic mass is 16.5. The molecule has 1 saturated heterocycles. The van der Waals surface area contributed by atoms with Gasteiger partial charge in [-0.2, -0.15) is 0 Å². The van der Waals surface area contributed by atoms with Crippen LogP contribution >= 0.6 is 0 Å². The molecule has 1 rings (SSSR count). The number of hydrogen-bond acceptors (Lipinski definition) is 3. The molecule has 0 radical (unpaired) electrons. The highest BCUT2D eigenvalue weighted by molar-refractivity contribution is 5.71. The zero-order chi connectivity index (χ0) is 10.2. The Morgan fingerprint density at radius 2 is 2.21 bits per heavy atom. The van der Waals surface area contributed by atoms with E-state index in [4.69, 9.17) is 4.74 Å². The van der Waals surface area contributed by atoms with Crippen LogP contribution in [0.2, 0.25) is 0 Å². The molecule has 1 aliphatic rings. The fourth-order valence-electron chi connectivity index (χ4n) is 1.61. The van der Waals surface area contributed by atoms with Crippen LogP contribution in [0.4, 0.5) is 0 Å². The SMILES string of the molecule is CCOC(=O)C/C=C/C1CCNCC1. The van der Waals surface area contributed by atoms with Gasteiger partial charge in [0, 0.05) is 0 Å². The second kappa shape index (κ2) is 6.60. The number of piperidine rings is 1. The molecule has 3 nitrogen and oxygen atoms in total. The van der Waals surface area contributed by atoms with Crippen molar-refractivity contribution >= 4 is 5.97 Å². The summed E-state index contributed by atoms with van der Waals surface area (Å²) in [7, 11) is 0. The Kier molecular flexibility index (Phi) is 5.30. The molecule has 0 aromatic heterocycles. The van der Waals surface area contributed by atoms with Gasteiger partial charge < -0.3 is 10.1 Å². The van der Waals surface area contributed by atoms with Crippen LogP contribution in [0.3, 0.4) is 0 Å². The van der Waals surface area contributed by atoms with E-state index in [1.54, 1.807) is 0 Å². The van der Waals surface area contributed by atoms with Crippen molar-refractivity contribution in [3.8, 4) is 0 Å². The van der Waals surface area contributed by atoms with Crippen LogP contribution < -0.4 is 5.32 Å². The number of esters is 1. The molecule has 0 saturated carbocycles. The summed E-state index contributed by atoms with van der Waals surface area (Å²) in [4.78, 5) is 11.0.